The molecule has 1 heterocycles. The minimum Gasteiger partial charge on any atom is -0.477 e. The molecule has 84 valence electrons. The molecule has 0 unspecified atom stereocenters. The fraction of sp³-hybridized carbons (Fsp3) is 0.333. The lowest BCUT2D eigenvalue weighted by molar-refractivity contribution is -0.129. The Morgan fingerprint density at radius 1 is 1.50 bits per heavy atom. The predicted molar refractivity (Wildman–Crippen MR) is 61.3 cm³/mol. The summed E-state index contributed by atoms with van der Waals surface area (Å²) >= 11 is 0. The van der Waals surface area contributed by atoms with Crippen LogP contribution in [0.15, 0.2) is 35.4 Å². The summed E-state index contributed by atoms with van der Waals surface area (Å²) in [6, 6.07) is 9.95. The predicted octanol–water partition coefficient (Wildman–Crippen LogP) is 1.89. The Morgan fingerprint density at radius 2 is 2.19 bits per heavy atom. The van der Waals surface area contributed by atoms with Crippen LogP contribution in [0, 0.1) is 0 Å². The van der Waals surface area contributed by atoms with Crippen molar-refractivity contribution in [3.8, 4) is 0 Å². The Labute approximate surface area is 94.2 Å². The van der Waals surface area contributed by atoms with E-state index >= 15 is 0 Å². The molecule has 1 aliphatic rings. The minimum absolute atomic E-state index is 0.0669. The molecule has 1 aromatic rings. The highest BCUT2D eigenvalue weighted by Crippen LogP contribution is 2.29. The summed E-state index contributed by atoms with van der Waals surface area (Å²) in [6.45, 7) is 2.70. The first-order valence-electron chi connectivity index (χ1n) is 5.34. The van der Waals surface area contributed by atoms with Crippen molar-refractivity contribution in [3.63, 3.8) is 0 Å². The van der Waals surface area contributed by atoms with Crippen molar-refractivity contribution in [3.05, 3.63) is 35.9 Å². The highest BCUT2D eigenvalue weighted by Gasteiger charge is 2.29. The monoisotopic (exact) mass is 218 g/mol. The van der Waals surface area contributed by atoms with E-state index in [1.807, 2.05) is 42.3 Å². The van der Waals surface area contributed by atoms with Gasteiger partial charge in [0.05, 0.1) is 6.04 Å². The molecule has 0 bridgehead atoms. The van der Waals surface area contributed by atoms with Crippen LogP contribution < -0.4 is 0 Å². The molecule has 2 rings (SSSR count). The molecule has 4 heteroatoms. The number of carbonyl (C=O) groups is 1. The van der Waals surface area contributed by atoms with Crippen LogP contribution in [0.5, 0.6) is 0 Å². The summed E-state index contributed by atoms with van der Waals surface area (Å²) in [5.41, 5.74) is 1.36. The van der Waals surface area contributed by atoms with E-state index in [-0.39, 0.29) is 11.8 Å². The summed E-state index contributed by atoms with van der Waals surface area (Å²) in [7, 11) is 0. The van der Waals surface area contributed by atoms with Gasteiger partial charge in [-0.1, -0.05) is 30.3 Å². The van der Waals surface area contributed by atoms with Crippen molar-refractivity contribution >= 4 is 11.7 Å². The number of carboxylic acids is 1. The van der Waals surface area contributed by atoms with E-state index in [0.717, 1.165) is 12.1 Å². The molecule has 16 heavy (non-hydrogen) atoms. The van der Waals surface area contributed by atoms with Gasteiger partial charge in [0, 0.05) is 13.0 Å². The summed E-state index contributed by atoms with van der Waals surface area (Å²) in [4.78, 5) is 10.9. The molecular formula is C12H14N2O2. The van der Waals surface area contributed by atoms with E-state index in [1.165, 1.54) is 0 Å². The lowest BCUT2D eigenvalue weighted by Gasteiger charge is -2.21. The van der Waals surface area contributed by atoms with Crippen molar-refractivity contribution in [1.29, 1.82) is 0 Å². The van der Waals surface area contributed by atoms with Crippen LogP contribution in [0.25, 0.3) is 0 Å². The molecule has 1 N–H and O–H groups in total. The Kier molecular flexibility index (Phi) is 2.90. The second-order valence-corrected chi connectivity index (χ2v) is 3.74. The van der Waals surface area contributed by atoms with Gasteiger partial charge in [-0.05, 0) is 12.5 Å². The van der Waals surface area contributed by atoms with E-state index in [1.54, 1.807) is 0 Å². The topological polar surface area (TPSA) is 52.9 Å². The maximum absolute atomic E-state index is 10.9. The molecule has 4 nitrogen and oxygen atoms in total. The number of hydrogen-bond donors (Lipinski definition) is 1. The number of hydrazone groups is 1. The van der Waals surface area contributed by atoms with Gasteiger partial charge in [-0.3, -0.25) is 5.01 Å². The van der Waals surface area contributed by atoms with E-state index in [2.05, 4.69) is 5.10 Å². The lowest BCUT2D eigenvalue weighted by atomic mass is 10.0. The van der Waals surface area contributed by atoms with Gasteiger partial charge in [0.1, 0.15) is 5.71 Å². The molecule has 0 saturated carbocycles. The van der Waals surface area contributed by atoms with Crippen LogP contribution in [0.4, 0.5) is 0 Å². The van der Waals surface area contributed by atoms with Gasteiger partial charge in [0.15, 0.2) is 0 Å². The van der Waals surface area contributed by atoms with Crippen molar-refractivity contribution in [2.75, 3.05) is 6.54 Å². The molecule has 0 radical (unpaired) electrons. The van der Waals surface area contributed by atoms with Gasteiger partial charge < -0.3 is 5.11 Å². The first kappa shape index (κ1) is 10.7. The van der Waals surface area contributed by atoms with Crippen LogP contribution in [0.1, 0.15) is 24.9 Å². The fourth-order valence-corrected chi connectivity index (χ4v) is 1.94. The standard InChI is InChI=1S/C12H14N2O2/c1-2-14-11(8-10(13-14)12(15)16)9-6-4-3-5-7-9/h3-7,11H,2,8H2,1H3,(H,15,16)/t11-/m0/s1. The first-order valence-corrected chi connectivity index (χ1v) is 5.34. The average Bonchev–Trinajstić information content (AvgIpc) is 2.74. The highest BCUT2D eigenvalue weighted by molar-refractivity contribution is 6.36. The number of benzene rings is 1. The number of carboxylic acid groups (broad SMARTS) is 1. The third-order valence-electron chi connectivity index (χ3n) is 2.75. The number of rotatable bonds is 3. The Morgan fingerprint density at radius 3 is 2.75 bits per heavy atom. The second kappa shape index (κ2) is 4.35. The molecule has 0 fully saturated rings. The minimum atomic E-state index is -0.920. The van der Waals surface area contributed by atoms with E-state index < -0.39 is 5.97 Å². The van der Waals surface area contributed by atoms with Crippen LogP contribution in [0.3, 0.4) is 0 Å². The van der Waals surface area contributed by atoms with E-state index in [0.29, 0.717) is 6.42 Å². The Bertz CT molecular complexity index is 414. The highest BCUT2D eigenvalue weighted by atomic mass is 16.4. The summed E-state index contributed by atoms with van der Waals surface area (Å²) in [5.74, 6) is -0.920. The zero-order valence-electron chi connectivity index (χ0n) is 9.13. The van der Waals surface area contributed by atoms with Crippen LogP contribution >= 0.6 is 0 Å². The normalized spacial score (nSPS) is 19.7. The SMILES string of the molecule is CCN1N=C(C(=O)O)C[C@H]1c1ccccc1. The zero-order chi connectivity index (χ0) is 11.5. The second-order valence-electron chi connectivity index (χ2n) is 3.74. The fourth-order valence-electron chi connectivity index (χ4n) is 1.94. The molecule has 0 amide bonds. The van der Waals surface area contributed by atoms with Gasteiger partial charge in [-0.25, -0.2) is 4.79 Å². The van der Waals surface area contributed by atoms with Crippen LogP contribution in [0.2, 0.25) is 0 Å². The van der Waals surface area contributed by atoms with Crippen molar-refractivity contribution in [2.24, 2.45) is 5.10 Å². The molecule has 1 aromatic carbocycles. The van der Waals surface area contributed by atoms with Crippen LogP contribution in [-0.2, 0) is 4.79 Å². The molecule has 0 aliphatic carbocycles. The number of hydrogen-bond acceptors (Lipinski definition) is 3. The van der Waals surface area contributed by atoms with Gasteiger partial charge >= 0.3 is 5.97 Å². The maximum Gasteiger partial charge on any atom is 0.352 e. The molecule has 0 saturated heterocycles. The molecule has 1 aliphatic heterocycles. The molecule has 0 spiro atoms. The van der Waals surface area contributed by atoms with Gasteiger partial charge in [0.2, 0.25) is 0 Å². The first-order chi connectivity index (χ1) is 7.72. The van der Waals surface area contributed by atoms with Gasteiger partial charge in [0.25, 0.3) is 0 Å². The summed E-state index contributed by atoms with van der Waals surface area (Å²) in [6.07, 6.45) is 0.479. The summed E-state index contributed by atoms with van der Waals surface area (Å²) < 4.78 is 0. The average molecular weight is 218 g/mol. The Hall–Kier alpha value is -1.84. The largest absolute Gasteiger partial charge is 0.477 e. The third-order valence-corrected chi connectivity index (χ3v) is 2.75. The van der Waals surface area contributed by atoms with Crippen molar-refractivity contribution in [1.82, 2.24) is 5.01 Å². The van der Waals surface area contributed by atoms with E-state index in [4.69, 9.17) is 5.11 Å². The smallest absolute Gasteiger partial charge is 0.352 e. The number of nitrogens with zero attached hydrogens (tertiary/aromatic N) is 2. The van der Waals surface area contributed by atoms with E-state index in [9.17, 15) is 4.79 Å². The third kappa shape index (κ3) is 1.91. The lowest BCUT2D eigenvalue weighted by Crippen LogP contribution is -2.18. The molecular weight excluding hydrogens is 204 g/mol. The molecule has 1 atom stereocenters. The van der Waals surface area contributed by atoms with Crippen molar-refractivity contribution in [2.45, 2.75) is 19.4 Å². The van der Waals surface area contributed by atoms with Gasteiger partial charge in [-0.15, -0.1) is 0 Å². The zero-order valence-corrected chi connectivity index (χ0v) is 9.13. The number of aliphatic carboxylic acids is 1. The quantitative estimate of drug-likeness (QED) is 0.842. The Balaban J connectivity index is 2.23. The summed E-state index contributed by atoms with van der Waals surface area (Å²) in [5, 5.41) is 14.9. The van der Waals surface area contributed by atoms with Crippen molar-refractivity contribution < 1.29 is 9.90 Å². The van der Waals surface area contributed by atoms with Gasteiger partial charge in [-0.2, -0.15) is 5.10 Å². The van der Waals surface area contributed by atoms with Crippen LogP contribution in [-0.4, -0.2) is 28.3 Å². The maximum atomic E-state index is 10.9. The molecule has 0 aromatic heterocycles.